The van der Waals surface area contributed by atoms with Crippen LogP contribution < -0.4 is 0 Å². The maximum absolute atomic E-state index is 9.24. The minimum atomic E-state index is -1.42. The average Bonchev–Trinajstić information content (AvgIpc) is 2.08. The van der Waals surface area contributed by atoms with Gasteiger partial charge in [0.2, 0.25) is 0 Å². The molecule has 1 heterocycles. The number of alkyl halides is 2. The Morgan fingerprint density at radius 3 is 2.25 bits per heavy atom. The van der Waals surface area contributed by atoms with E-state index in [0.29, 0.717) is 0 Å². The van der Waals surface area contributed by atoms with Gasteiger partial charge in [-0.3, -0.25) is 0 Å². The predicted octanol–water partition coefficient (Wildman–Crippen LogP) is -0.728. The first-order chi connectivity index (χ1) is 5.57. The van der Waals surface area contributed by atoms with Crippen molar-refractivity contribution in [1.29, 1.82) is 0 Å². The van der Waals surface area contributed by atoms with Gasteiger partial charge in [-0.25, -0.2) is 0 Å². The lowest BCUT2D eigenvalue weighted by Crippen LogP contribution is -2.55. The number of aliphatic hydroxyl groups excluding tert-OH is 3. The third kappa shape index (κ3) is 1.84. The highest BCUT2D eigenvalue weighted by molar-refractivity contribution is 6.23. The van der Waals surface area contributed by atoms with Crippen LogP contribution in [0.25, 0.3) is 0 Å². The van der Waals surface area contributed by atoms with E-state index in [1.807, 2.05) is 0 Å². The van der Waals surface area contributed by atoms with Crippen molar-refractivity contribution >= 4 is 23.2 Å². The van der Waals surface area contributed by atoms with E-state index in [4.69, 9.17) is 38.2 Å². The average molecular weight is 217 g/mol. The molecule has 0 saturated carbocycles. The van der Waals surface area contributed by atoms with Crippen molar-refractivity contribution in [3.05, 3.63) is 0 Å². The van der Waals surface area contributed by atoms with E-state index in [2.05, 4.69) is 0 Å². The Balaban J connectivity index is 2.63. The van der Waals surface area contributed by atoms with Gasteiger partial charge in [-0.1, -0.05) is 0 Å². The normalized spacial score (nSPS) is 49.2. The monoisotopic (exact) mass is 216 g/mol. The third-order valence-corrected chi connectivity index (χ3v) is 2.63. The summed E-state index contributed by atoms with van der Waals surface area (Å²) >= 11 is 11.1. The van der Waals surface area contributed by atoms with Gasteiger partial charge in [0.25, 0.3) is 0 Å². The maximum Gasteiger partial charge on any atom is 0.183 e. The highest BCUT2D eigenvalue weighted by Crippen LogP contribution is 2.24. The number of hydrogen-bond donors (Lipinski definition) is 3. The van der Waals surface area contributed by atoms with Crippen molar-refractivity contribution in [2.75, 3.05) is 5.88 Å². The van der Waals surface area contributed by atoms with Crippen LogP contribution in [0.1, 0.15) is 0 Å². The Labute approximate surface area is 79.7 Å². The number of halogens is 2. The maximum atomic E-state index is 9.24. The SMILES string of the molecule is OC1[C@@H](Cl)C(CCl)O[C@H](O)[C@H]1O. The first-order valence-corrected chi connectivity index (χ1v) is 4.44. The van der Waals surface area contributed by atoms with Crippen LogP contribution in [0.3, 0.4) is 0 Å². The van der Waals surface area contributed by atoms with E-state index in [1.165, 1.54) is 0 Å². The number of hydrogen-bond acceptors (Lipinski definition) is 4. The molecule has 3 N–H and O–H groups in total. The second-order valence-electron chi connectivity index (χ2n) is 2.65. The molecule has 4 nitrogen and oxygen atoms in total. The van der Waals surface area contributed by atoms with Gasteiger partial charge in [0.1, 0.15) is 12.2 Å². The Bertz CT molecular complexity index is 152. The largest absolute Gasteiger partial charge is 0.389 e. The molecule has 1 rings (SSSR count). The molecule has 0 spiro atoms. The molecule has 2 unspecified atom stereocenters. The van der Waals surface area contributed by atoms with Gasteiger partial charge in [-0.15, -0.1) is 23.2 Å². The summed E-state index contributed by atoms with van der Waals surface area (Å²) in [5.74, 6) is 0.0645. The fourth-order valence-electron chi connectivity index (χ4n) is 1.03. The van der Waals surface area contributed by atoms with Gasteiger partial charge in [0, 0.05) is 0 Å². The molecule has 0 amide bonds. The molecule has 0 aromatic carbocycles. The molecule has 12 heavy (non-hydrogen) atoms. The summed E-state index contributed by atoms with van der Waals surface area (Å²) < 4.78 is 4.81. The summed E-state index contributed by atoms with van der Waals surface area (Å²) in [6.45, 7) is 0. The van der Waals surface area contributed by atoms with Gasteiger partial charge in [-0.05, 0) is 0 Å². The topological polar surface area (TPSA) is 69.9 Å². The standard InChI is InChI=1S/C6H10Cl2O4/c7-1-2-3(8)4(9)5(10)6(11)12-2/h2-6,9-11H,1H2/t2?,3-,4?,5-,6-/m0/s1. The fraction of sp³-hybridized carbons (Fsp3) is 1.00. The quantitative estimate of drug-likeness (QED) is 0.506. The van der Waals surface area contributed by atoms with E-state index < -0.39 is 30.0 Å². The smallest absolute Gasteiger partial charge is 0.183 e. The van der Waals surface area contributed by atoms with Crippen LogP contribution in [-0.4, -0.2) is 51.2 Å². The van der Waals surface area contributed by atoms with Crippen molar-refractivity contribution in [1.82, 2.24) is 0 Å². The van der Waals surface area contributed by atoms with E-state index in [1.54, 1.807) is 0 Å². The highest BCUT2D eigenvalue weighted by Gasteiger charge is 2.42. The predicted molar refractivity (Wildman–Crippen MR) is 43.3 cm³/mol. The molecule has 1 fully saturated rings. The van der Waals surface area contributed by atoms with E-state index in [0.717, 1.165) is 0 Å². The molecule has 1 aliphatic rings. The second kappa shape index (κ2) is 4.09. The minimum absolute atomic E-state index is 0.0645. The zero-order chi connectivity index (χ0) is 9.30. The molecule has 0 aliphatic carbocycles. The number of aliphatic hydroxyl groups is 3. The fourth-order valence-corrected chi connectivity index (χ4v) is 1.69. The Kier molecular flexibility index (Phi) is 3.58. The second-order valence-corrected chi connectivity index (χ2v) is 3.46. The van der Waals surface area contributed by atoms with Gasteiger partial charge in [-0.2, -0.15) is 0 Å². The van der Waals surface area contributed by atoms with Crippen LogP contribution in [0, 0.1) is 0 Å². The zero-order valence-corrected chi connectivity index (χ0v) is 7.61. The molecular formula is C6H10Cl2O4. The molecule has 5 atom stereocenters. The van der Waals surface area contributed by atoms with Crippen molar-refractivity contribution in [3.63, 3.8) is 0 Å². The van der Waals surface area contributed by atoms with Crippen LogP contribution in [0.5, 0.6) is 0 Å². The molecule has 0 aromatic heterocycles. The van der Waals surface area contributed by atoms with Crippen LogP contribution in [-0.2, 0) is 4.74 Å². The lowest BCUT2D eigenvalue weighted by molar-refractivity contribution is -0.239. The van der Waals surface area contributed by atoms with E-state index in [-0.39, 0.29) is 5.88 Å². The Morgan fingerprint density at radius 1 is 1.17 bits per heavy atom. The van der Waals surface area contributed by atoms with Gasteiger partial charge < -0.3 is 20.1 Å². The lowest BCUT2D eigenvalue weighted by atomic mass is 10.0. The molecule has 1 saturated heterocycles. The number of rotatable bonds is 1. The Morgan fingerprint density at radius 2 is 1.75 bits per heavy atom. The van der Waals surface area contributed by atoms with Crippen LogP contribution in [0.15, 0.2) is 0 Å². The van der Waals surface area contributed by atoms with Crippen molar-refractivity contribution in [2.24, 2.45) is 0 Å². The molecule has 0 aromatic rings. The van der Waals surface area contributed by atoms with Gasteiger partial charge in [0.15, 0.2) is 6.29 Å². The summed E-state index contributed by atoms with van der Waals surface area (Å²) in [6.07, 6.45) is -4.63. The first-order valence-electron chi connectivity index (χ1n) is 3.47. The van der Waals surface area contributed by atoms with E-state index in [9.17, 15) is 5.11 Å². The van der Waals surface area contributed by atoms with E-state index >= 15 is 0 Å². The lowest BCUT2D eigenvalue weighted by Gasteiger charge is -2.37. The van der Waals surface area contributed by atoms with Gasteiger partial charge in [0.05, 0.1) is 17.4 Å². The Hall–Kier alpha value is 0.420. The first kappa shape index (κ1) is 10.5. The zero-order valence-electron chi connectivity index (χ0n) is 6.10. The van der Waals surface area contributed by atoms with Crippen molar-refractivity contribution < 1.29 is 20.1 Å². The highest BCUT2D eigenvalue weighted by atomic mass is 35.5. The van der Waals surface area contributed by atoms with Gasteiger partial charge >= 0.3 is 0 Å². The molecule has 1 aliphatic heterocycles. The molecular weight excluding hydrogens is 207 g/mol. The minimum Gasteiger partial charge on any atom is -0.389 e. The third-order valence-electron chi connectivity index (χ3n) is 1.79. The van der Waals surface area contributed by atoms with Crippen LogP contribution in [0.4, 0.5) is 0 Å². The van der Waals surface area contributed by atoms with Crippen molar-refractivity contribution in [2.45, 2.75) is 30.0 Å². The summed E-state index contributed by atoms with van der Waals surface area (Å²) in [6, 6.07) is 0. The summed E-state index contributed by atoms with van der Waals surface area (Å²) in [5, 5.41) is 26.5. The summed E-state index contributed by atoms with van der Waals surface area (Å²) in [7, 11) is 0. The number of ether oxygens (including phenoxy) is 1. The molecule has 72 valence electrons. The molecule has 6 heteroatoms. The molecule has 0 radical (unpaired) electrons. The summed E-state index contributed by atoms with van der Waals surface area (Å²) in [4.78, 5) is 0. The summed E-state index contributed by atoms with van der Waals surface area (Å²) in [5.41, 5.74) is 0. The van der Waals surface area contributed by atoms with Crippen molar-refractivity contribution in [3.8, 4) is 0 Å². The molecule has 0 bridgehead atoms. The van der Waals surface area contributed by atoms with Crippen LogP contribution >= 0.6 is 23.2 Å². The van der Waals surface area contributed by atoms with Crippen LogP contribution in [0.2, 0.25) is 0 Å².